The highest BCUT2D eigenvalue weighted by molar-refractivity contribution is 5.71. The Labute approximate surface area is 365 Å². The molecule has 1 unspecified atom stereocenters. The molecule has 6 nitrogen and oxygen atoms in total. The van der Waals surface area contributed by atoms with Gasteiger partial charge in [0.2, 0.25) is 0 Å². The highest BCUT2D eigenvalue weighted by atomic mass is 16.6. The minimum absolute atomic E-state index is 0.0805. The molecule has 0 N–H and O–H groups in total. The molecule has 0 aliphatic carbocycles. The molecule has 0 rings (SSSR count). The molecular formula is C53H94O6. The number of carbonyl (C=O) groups excluding carboxylic acids is 3. The molecule has 342 valence electrons. The Morgan fingerprint density at radius 3 is 1.00 bits per heavy atom. The van der Waals surface area contributed by atoms with Gasteiger partial charge in [-0.2, -0.15) is 0 Å². The summed E-state index contributed by atoms with van der Waals surface area (Å²) in [6, 6.07) is 0. The third-order valence-corrected chi connectivity index (χ3v) is 10.8. The number of ether oxygens (including phenoxy) is 3. The number of esters is 3. The Bertz CT molecular complexity index is 1040. The van der Waals surface area contributed by atoms with Crippen LogP contribution in [0.4, 0.5) is 0 Å². The van der Waals surface area contributed by atoms with Crippen molar-refractivity contribution in [3.8, 4) is 0 Å². The van der Waals surface area contributed by atoms with Gasteiger partial charge in [0, 0.05) is 19.3 Å². The number of hydrogen-bond acceptors (Lipinski definition) is 6. The van der Waals surface area contributed by atoms with Crippen LogP contribution in [0.15, 0.2) is 48.6 Å². The predicted molar refractivity (Wildman–Crippen MR) is 252 cm³/mol. The Morgan fingerprint density at radius 2 is 0.610 bits per heavy atom. The summed E-state index contributed by atoms with van der Waals surface area (Å²) in [6.07, 6.45) is 56.8. The highest BCUT2D eigenvalue weighted by Crippen LogP contribution is 2.14. The second kappa shape index (κ2) is 48.0. The number of rotatable bonds is 45. The van der Waals surface area contributed by atoms with E-state index >= 15 is 0 Å². The van der Waals surface area contributed by atoms with Crippen LogP contribution in [0.3, 0.4) is 0 Å². The van der Waals surface area contributed by atoms with Crippen molar-refractivity contribution < 1.29 is 28.6 Å². The first-order chi connectivity index (χ1) is 29.0. The topological polar surface area (TPSA) is 78.9 Å². The van der Waals surface area contributed by atoms with Gasteiger partial charge in [0.05, 0.1) is 0 Å². The maximum atomic E-state index is 12.7. The van der Waals surface area contributed by atoms with Crippen LogP contribution >= 0.6 is 0 Å². The van der Waals surface area contributed by atoms with Gasteiger partial charge < -0.3 is 14.2 Å². The van der Waals surface area contributed by atoms with Crippen molar-refractivity contribution in [1.29, 1.82) is 0 Å². The third kappa shape index (κ3) is 46.3. The van der Waals surface area contributed by atoms with Crippen molar-refractivity contribution in [3.05, 3.63) is 48.6 Å². The number of allylic oxidation sites excluding steroid dienone is 8. The van der Waals surface area contributed by atoms with Crippen molar-refractivity contribution >= 4 is 17.9 Å². The minimum atomic E-state index is -0.778. The van der Waals surface area contributed by atoms with Crippen molar-refractivity contribution in [3.63, 3.8) is 0 Å². The van der Waals surface area contributed by atoms with E-state index in [-0.39, 0.29) is 31.1 Å². The van der Waals surface area contributed by atoms with Crippen LogP contribution in [0, 0.1) is 0 Å². The first-order valence-electron chi connectivity index (χ1n) is 25.1. The fourth-order valence-electron chi connectivity index (χ4n) is 6.97. The molecule has 0 amide bonds. The zero-order valence-corrected chi connectivity index (χ0v) is 39.0. The molecule has 0 aromatic carbocycles. The summed E-state index contributed by atoms with van der Waals surface area (Å²) in [5, 5.41) is 0. The molecule has 0 aromatic heterocycles. The van der Waals surface area contributed by atoms with E-state index in [4.69, 9.17) is 14.2 Å². The monoisotopic (exact) mass is 827 g/mol. The summed E-state index contributed by atoms with van der Waals surface area (Å²) >= 11 is 0. The van der Waals surface area contributed by atoms with E-state index in [2.05, 4.69) is 69.4 Å². The molecule has 0 saturated carbocycles. The Hall–Kier alpha value is -2.63. The minimum Gasteiger partial charge on any atom is -0.462 e. The SMILES string of the molecule is CCCCC/C=C\C/C=C\C/C=C\CCCCCCCCC(=O)OCC(COC(=O)CCCCCCCC)OC(=O)CCCCCCC/C=C\CCCCCCCCC. The van der Waals surface area contributed by atoms with E-state index < -0.39 is 6.10 Å². The van der Waals surface area contributed by atoms with Crippen LogP contribution in [0.1, 0.15) is 252 Å². The Morgan fingerprint density at radius 1 is 0.339 bits per heavy atom. The van der Waals surface area contributed by atoms with Gasteiger partial charge >= 0.3 is 17.9 Å². The highest BCUT2D eigenvalue weighted by Gasteiger charge is 2.19. The molecule has 1 atom stereocenters. The van der Waals surface area contributed by atoms with E-state index in [1.165, 1.54) is 122 Å². The van der Waals surface area contributed by atoms with Crippen LogP contribution in [-0.2, 0) is 28.6 Å². The number of unbranched alkanes of at least 4 members (excludes halogenated alkanes) is 26. The second-order valence-electron chi connectivity index (χ2n) is 16.7. The molecule has 0 spiro atoms. The average molecular weight is 827 g/mol. The van der Waals surface area contributed by atoms with Gasteiger partial charge in [-0.15, -0.1) is 0 Å². The molecular weight excluding hydrogens is 733 g/mol. The molecule has 0 aliphatic heterocycles. The number of hydrogen-bond donors (Lipinski definition) is 0. The normalized spacial score (nSPS) is 12.4. The van der Waals surface area contributed by atoms with Crippen molar-refractivity contribution in [1.82, 2.24) is 0 Å². The molecule has 0 fully saturated rings. The Kier molecular flexibility index (Phi) is 45.9. The summed E-state index contributed by atoms with van der Waals surface area (Å²) in [7, 11) is 0. The van der Waals surface area contributed by atoms with Gasteiger partial charge in [0.1, 0.15) is 13.2 Å². The van der Waals surface area contributed by atoms with E-state index in [9.17, 15) is 14.4 Å². The van der Waals surface area contributed by atoms with Gasteiger partial charge in [-0.1, -0.05) is 198 Å². The van der Waals surface area contributed by atoms with Gasteiger partial charge in [-0.3, -0.25) is 14.4 Å². The lowest BCUT2D eigenvalue weighted by Crippen LogP contribution is -2.30. The lowest BCUT2D eigenvalue weighted by Gasteiger charge is -2.18. The van der Waals surface area contributed by atoms with E-state index in [0.29, 0.717) is 19.3 Å². The van der Waals surface area contributed by atoms with E-state index in [1.807, 2.05) is 0 Å². The van der Waals surface area contributed by atoms with Crippen molar-refractivity contribution in [2.45, 2.75) is 258 Å². The molecule has 0 heterocycles. The quantitative estimate of drug-likeness (QED) is 0.0263. The molecule has 0 saturated heterocycles. The van der Waals surface area contributed by atoms with Crippen LogP contribution in [0.25, 0.3) is 0 Å². The van der Waals surface area contributed by atoms with Gasteiger partial charge in [0.15, 0.2) is 6.10 Å². The summed E-state index contributed by atoms with van der Waals surface area (Å²) in [5.41, 5.74) is 0. The zero-order valence-electron chi connectivity index (χ0n) is 39.0. The van der Waals surface area contributed by atoms with E-state index in [1.54, 1.807) is 0 Å². The Balaban J connectivity index is 4.25. The van der Waals surface area contributed by atoms with E-state index in [0.717, 1.165) is 89.9 Å². The van der Waals surface area contributed by atoms with Gasteiger partial charge in [0.25, 0.3) is 0 Å². The molecule has 0 radical (unpaired) electrons. The van der Waals surface area contributed by atoms with Crippen LogP contribution in [0.5, 0.6) is 0 Å². The molecule has 0 aromatic rings. The number of carbonyl (C=O) groups is 3. The van der Waals surface area contributed by atoms with Crippen LogP contribution in [0.2, 0.25) is 0 Å². The maximum absolute atomic E-state index is 12.7. The summed E-state index contributed by atoms with van der Waals surface area (Å²) in [6.45, 7) is 6.54. The van der Waals surface area contributed by atoms with Crippen molar-refractivity contribution in [2.24, 2.45) is 0 Å². The fraction of sp³-hybridized carbons (Fsp3) is 0.792. The average Bonchev–Trinajstić information content (AvgIpc) is 3.23. The van der Waals surface area contributed by atoms with Crippen LogP contribution < -0.4 is 0 Å². The summed E-state index contributed by atoms with van der Waals surface area (Å²) in [5.74, 6) is -0.907. The second-order valence-corrected chi connectivity index (χ2v) is 16.7. The third-order valence-electron chi connectivity index (χ3n) is 10.8. The molecule has 0 aliphatic rings. The summed E-state index contributed by atoms with van der Waals surface area (Å²) in [4.78, 5) is 37.7. The first kappa shape index (κ1) is 56.4. The molecule has 0 bridgehead atoms. The maximum Gasteiger partial charge on any atom is 0.306 e. The van der Waals surface area contributed by atoms with Gasteiger partial charge in [-0.25, -0.2) is 0 Å². The predicted octanol–water partition coefficient (Wildman–Crippen LogP) is 16.3. The summed E-state index contributed by atoms with van der Waals surface area (Å²) < 4.78 is 16.7. The standard InChI is InChI=1S/C53H94O6/c1-4-7-10-13-16-18-20-22-24-26-27-28-30-31-33-35-37-40-43-46-52(55)58-49-50(48-57-51(54)45-42-39-15-12-9-6-3)59-53(56)47-44-41-38-36-34-32-29-25-23-21-19-17-14-11-8-5-2/h16,18,22,24-25,27-29,50H,4-15,17,19-21,23,26,30-49H2,1-3H3/b18-16-,24-22-,28-27-,29-25-. The largest absolute Gasteiger partial charge is 0.462 e. The first-order valence-corrected chi connectivity index (χ1v) is 25.1. The fourth-order valence-corrected chi connectivity index (χ4v) is 6.97. The lowest BCUT2D eigenvalue weighted by atomic mass is 10.1. The lowest BCUT2D eigenvalue weighted by molar-refractivity contribution is -0.167. The van der Waals surface area contributed by atoms with Gasteiger partial charge in [-0.05, 0) is 83.5 Å². The molecule has 6 heteroatoms. The molecule has 59 heavy (non-hydrogen) atoms. The van der Waals surface area contributed by atoms with Crippen molar-refractivity contribution in [2.75, 3.05) is 13.2 Å². The smallest absolute Gasteiger partial charge is 0.306 e. The zero-order chi connectivity index (χ0) is 43.0. The van der Waals surface area contributed by atoms with Crippen LogP contribution in [-0.4, -0.2) is 37.2 Å².